The fraction of sp³-hybridized carbons (Fsp3) is 0.642. The summed E-state index contributed by atoms with van der Waals surface area (Å²) < 4.78 is 26.5. The first-order chi connectivity index (χ1) is 35.0. The Morgan fingerprint density at radius 1 is 0.569 bits per heavy atom. The van der Waals surface area contributed by atoms with Gasteiger partial charge in [-0.05, 0) is 149 Å². The normalized spacial score (nSPS) is 23.9. The number of hydrogen-bond acceptors (Lipinski definition) is 4. The van der Waals surface area contributed by atoms with Crippen molar-refractivity contribution >= 4 is 8.58 Å². The molecule has 5 heteroatoms. The van der Waals surface area contributed by atoms with Crippen LogP contribution in [0.3, 0.4) is 0 Å². The quantitative estimate of drug-likeness (QED) is 0.0780. The third-order valence-electron chi connectivity index (χ3n) is 17.4. The monoisotopic (exact) mass is 999 g/mol. The lowest BCUT2D eigenvalue weighted by molar-refractivity contribution is -0.152. The van der Waals surface area contributed by atoms with E-state index in [0.717, 1.165) is 81.5 Å². The van der Waals surface area contributed by atoms with E-state index in [0.29, 0.717) is 12.0 Å². The summed E-state index contributed by atoms with van der Waals surface area (Å²) >= 11 is 0. The second-order valence-corrected chi connectivity index (χ2v) is 25.1. The summed E-state index contributed by atoms with van der Waals surface area (Å²) in [7, 11) is 0.970. The molecule has 6 aliphatic carbocycles. The number of hydrogen-bond donors (Lipinski definition) is 0. The second-order valence-electron chi connectivity index (χ2n) is 24.0. The van der Waals surface area contributed by atoms with E-state index in [-0.39, 0.29) is 23.9 Å². The van der Waals surface area contributed by atoms with Crippen LogP contribution in [0.25, 0.3) is 11.1 Å². The van der Waals surface area contributed by atoms with Gasteiger partial charge in [-0.15, -0.1) is 8.58 Å². The molecular weight excluding hydrogens is 900 g/mol. The van der Waals surface area contributed by atoms with Crippen molar-refractivity contribution in [2.75, 3.05) is 13.3 Å². The molecule has 0 radical (unpaired) electrons. The molecule has 5 saturated carbocycles. The summed E-state index contributed by atoms with van der Waals surface area (Å²) in [5.74, 6) is 8.01. The van der Waals surface area contributed by atoms with Gasteiger partial charge in [-0.3, -0.25) is 0 Å². The molecule has 0 aliphatic heterocycles. The van der Waals surface area contributed by atoms with Gasteiger partial charge >= 0.3 is 0 Å². The minimum absolute atomic E-state index is 0.0544. The van der Waals surface area contributed by atoms with Crippen molar-refractivity contribution in [1.82, 2.24) is 0 Å². The number of fused-ring (bicyclic) bond motifs is 8. The zero-order chi connectivity index (χ0) is 50.9. The molecule has 0 N–H and O–H groups in total. The SMILES string of the molecule is CC(c1ccc(OC(CC2c3ccccc3-c3ccccc32)OCCC2CCCCC2)cc1)C(C)(C)C.CCC.CCC.CPCc1ccc(OC(CC2CCCCC2)OC2CC3CC2C2CCCC32)cc1. The second kappa shape index (κ2) is 28.7. The highest BCUT2D eigenvalue weighted by atomic mass is 31.1. The van der Waals surface area contributed by atoms with Crippen LogP contribution in [-0.2, 0) is 15.6 Å². The highest BCUT2D eigenvalue weighted by Crippen LogP contribution is 2.60. The molecule has 0 heterocycles. The van der Waals surface area contributed by atoms with E-state index in [9.17, 15) is 0 Å². The molecular formula is C67H99O4P. The van der Waals surface area contributed by atoms with Gasteiger partial charge in [0.1, 0.15) is 11.5 Å². The number of ether oxygens (including phenoxy) is 4. The molecule has 9 atom stereocenters. The van der Waals surface area contributed by atoms with Crippen molar-refractivity contribution in [3.8, 4) is 22.6 Å². The van der Waals surface area contributed by atoms with E-state index in [1.54, 1.807) is 0 Å². The van der Waals surface area contributed by atoms with Gasteiger partial charge in [-0.2, -0.15) is 0 Å². The van der Waals surface area contributed by atoms with Crippen LogP contribution in [-0.4, -0.2) is 32.0 Å². The zero-order valence-corrected chi connectivity index (χ0v) is 47.8. The van der Waals surface area contributed by atoms with Crippen LogP contribution in [0.5, 0.6) is 11.5 Å². The van der Waals surface area contributed by atoms with Crippen molar-refractivity contribution < 1.29 is 18.9 Å². The van der Waals surface area contributed by atoms with E-state index >= 15 is 0 Å². The van der Waals surface area contributed by atoms with E-state index in [1.807, 2.05) is 0 Å². The molecule has 72 heavy (non-hydrogen) atoms. The molecule has 9 unspecified atom stereocenters. The zero-order valence-electron chi connectivity index (χ0n) is 46.8. The average Bonchev–Trinajstić information content (AvgIpc) is 4.19. The van der Waals surface area contributed by atoms with Crippen LogP contribution >= 0.6 is 8.58 Å². The summed E-state index contributed by atoms with van der Waals surface area (Å²) in [6.07, 6.45) is 27.7. The third kappa shape index (κ3) is 15.7. The lowest BCUT2D eigenvalue weighted by Crippen LogP contribution is -2.36. The molecule has 10 rings (SSSR count). The van der Waals surface area contributed by atoms with E-state index in [4.69, 9.17) is 18.9 Å². The Balaban J connectivity index is 0.000000195. The van der Waals surface area contributed by atoms with Gasteiger partial charge in [0, 0.05) is 18.8 Å². The maximum absolute atomic E-state index is 6.82. The van der Waals surface area contributed by atoms with Crippen molar-refractivity contribution in [2.24, 2.45) is 40.9 Å². The molecule has 4 nitrogen and oxygen atoms in total. The Hall–Kier alpha value is -3.17. The molecule has 4 aromatic carbocycles. The fourth-order valence-corrected chi connectivity index (χ4v) is 14.1. The lowest BCUT2D eigenvalue weighted by atomic mass is 9.78. The lowest BCUT2D eigenvalue weighted by Gasteiger charge is -2.35. The predicted molar refractivity (Wildman–Crippen MR) is 308 cm³/mol. The van der Waals surface area contributed by atoms with Gasteiger partial charge in [0.05, 0.1) is 12.7 Å². The van der Waals surface area contributed by atoms with E-state index < -0.39 is 0 Å². The van der Waals surface area contributed by atoms with Gasteiger partial charge in [-0.25, -0.2) is 0 Å². The summed E-state index contributed by atoms with van der Waals surface area (Å²) in [6.45, 7) is 20.7. The Morgan fingerprint density at radius 2 is 1.11 bits per heavy atom. The van der Waals surface area contributed by atoms with E-state index in [2.05, 4.69) is 159 Å². The number of rotatable bonds is 17. The molecule has 396 valence electrons. The van der Waals surface area contributed by atoms with Crippen molar-refractivity contribution in [1.29, 1.82) is 0 Å². The fourth-order valence-electron chi connectivity index (χ4n) is 13.4. The molecule has 0 amide bonds. The van der Waals surface area contributed by atoms with E-state index in [1.165, 1.54) is 149 Å². The maximum atomic E-state index is 6.82. The number of benzene rings is 4. The Bertz CT molecular complexity index is 2080. The minimum Gasteiger partial charge on any atom is -0.465 e. The third-order valence-corrected chi connectivity index (χ3v) is 18.2. The molecule has 6 aliphatic rings. The van der Waals surface area contributed by atoms with Crippen molar-refractivity contribution in [3.05, 3.63) is 119 Å². The Morgan fingerprint density at radius 3 is 1.69 bits per heavy atom. The highest BCUT2D eigenvalue weighted by Gasteiger charge is 2.55. The standard InChI is InChI=1S/C35H44O2.C26H39O2P.2C3H8/c1-25(35(2,3)4)27-18-20-28(21-19-27)37-34(36-23-22-26-12-6-5-7-13-26)24-33-31-16-10-8-14-29(31)30-15-9-11-17-32(30)33;1-29-17-19-10-12-21(13-11-19)27-26(14-18-6-3-2-4-7-18)28-25-16-20-15-24(25)23-9-5-8-22(20)23;2*1-3-2/h8-11,14-21,25-26,33-34H,5-7,12-13,22-24H2,1-4H3;10-13,18,20,22-26,29H,2-9,14-17H2,1H3;2*3H2,1-2H3. The summed E-state index contributed by atoms with van der Waals surface area (Å²) in [5.41, 5.74) is 8.49. The van der Waals surface area contributed by atoms with Crippen LogP contribution in [0.4, 0.5) is 0 Å². The van der Waals surface area contributed by atoms with Crippen LogP contribution < -0.4 is 9.47 Å². The van der Waals surface area contributed by atoms with Crippen LogP contribution in [0, 0.1) is 40.9 Å². The van der Waals surface area contributed by atoms with Gasteiger partial charge in [0.25, 0.3) is 0 Å². The predicted octanol–water partition coefficient (Wildman–Crippen LogP) is 19.6. The van der Waals surface area contributed by atoms with Crippen LogP contribution in [0.15, 0.2) is 97.1 Å². The molecule has 0 saturated heterocycles. The average molecular weight is 999 g/mol. The molecule has 0 spiro atoms. The first kappa shape index (κ1) is 56.6. The minimum atomic E-state index is -0.279. The summed E-state index contributed by atoms with van der Waals surface area (Å²) in [4.78, 5) is 0. The molecule has 4 aromatic rings. The van der Waals surface area contributed by atoms with Gasteiger partial charge in [-0.1, -0.05) is 212 Å². The van der Waals surface area contributed by atoms with Gasteiger partial charge in [0.15, 0.2) is 6.29 Å². The van der Waals surface area contributed by atoms with Gasteiger partial charge < -0.3 is 18.9 Å². The molecule has 0 aromatic heterocycles. The first-order valence-electron chi connectivity index (χ1n) is 29.6. The summed E-state index contributed by atoms with van der Waals surface area (Å²) in [5, 5.41) is 0. The van der Waals surface area contributed by atoms with Crippen LogP contribution in [0.1, 0.15) is 218 Å². The smallest absolute Gasteiger partial charge is 0.200 e. The van der Waals surface area contributed by atoms with Crippen molar-refractivity contribution in [3.63, 3.8) is 0 Å². The first-order valence-corrected chi connectivity index (χ1v) is 31.4. The van der Waals surface area contributed by atoms with Crippen molar-refractivity contribution in [2.45, 2.75) is 220 Å². The highest BCUT2D eigenvalue weighted by molar-refractivity contribution is 7.36. The maximum Gasteiger partial charge on any atom is 0.200 e. The Labute approximate surface area is 442 Å². The summed E-state index contributed by atoms with van der Waals surface area (Å²) in [6, 6.07) is 35.2. The Kier molecular flexibility index (Phi) is 22.5. The topological polar surface area (TPSA) is 36.9 Å². The van der Waals surface area contributed by atoms with Gasteiger partial charge in [0.2, 0.25) is 6.29 Å². The molecule has 5 fully saturated rings. The van der Waals surface area contributed by atoms with Crippen LogP contribution in [0.2, 0.25) is 0 Å². The largest absolute Gasteiger partial charge is 0.465 e. The molecule has 2 bridgehead atoms.